The van der Waals surface area contributed by atoms with Gasteiger partial charge in [0.05, 0.1) is 11.5 Å². The number of hydrogen-bond donors (Lipinski definition) is 1. The molecule has 0 unspecified atom stereocenters. The summed E-state index contributed by atoms with van der Waals surface area (Å²) in [6.07, 6.45) is 1.47. The van der Waals surface area contributed by atoms with Crippen LogP contribution in [0, 0.1) is 0 Å². The van der Waals surface area contributed by atoms with Crippen LogP contribution in [0.25, 0.3) is 10.8 Å². The molecule has 1 N–H and O–H groups in total. The Balaban J connectivity index is 1.61. The Hall–Kier alpha value is -2.37. The molecule has 0 spiro atoms. The first-order valence-corrected chi connectivity index (χ1v) is 10.3. The quantitative estimate of drug-likeness (QED) is 0.607. The molecule has 4 nitrogen and oxygen atoms in total. The first kappa shape index (κ1) is 18.4. The van der Waals surface area contributed by atoms with Gasteiger partial charge >= 0.3 is 0 Å². The van der Waals surface area contributed by atoms with Crippen molar-refractivity contribution >= 4 is 20.8 Å². The highest BCUT2D eigenvalue weighted by Gasteiger charge is 2.14. The molecule has 0 aliphatic rings. The average molecular weight is 369 g/mol. The first-order chi connectivity index (χ1) is 12.6. The zero-order valence-electron chi connectivity index (χ0n) is 14.8. The summed E-state index contributed by atoms with van der Waals surface area (Å²) in [6, 6.07) is 20.8. The SMILES string of the molecule is CCOc1ccccc1CCCNS(=O)(=O)c1ccc2ccccc2c1. The Labute approximate surface area is 154 Å². The lowest BCUT2D eigenvalue weighted by molar-refractivity contribution is 0.336. The normalized spacial score (nSPS) is 11.6. The molecule has 0 heterocycles. The van der Waals surface area contributed by atoms with Gasteiger partial charge in [-0.15, -0.1) is 0 Å². The minimum absolute atomic E-state index is 0.297. The summed E-state index contributed by atoms with van der Waals surface area (Å²) in [7, 11) is -3.51. The third-order valence-corrected chi connectivity index (χ3v) is 5.68. The van der Waals surface area contributed by atoms with Crippen LogP contribution in [0.3, 0.4) is 0 Å². The van der Waals surface area contributed by atoms with Crippen molar-refractivity contribution in [2.45, 2.75) is 24.7 Å². The summed E-state index contributed by atoms with van der Waals surface area (Å²) in [5, 5.41) is 1.94. The van der Waals surface area contributed by atoms with Crippen LogP contribution in [0.15, 0.2) is 71.6 Å². The topological polar surface area (TPSA) is 55.4 Å². The second-order valence-corrected chi connectivity index (χ2v) is 7.82. The first-order valence-electron chi connectivity index (χ1n) is 8.79. The van der Waals surface area contributed by atoms with Gasteiger partial charge in [0.2, 0.25) is 10.0 Å². The Morgan fingerprint density at radius 2 is 1.65 bits per heavy atom. The molecule has 0 fully saturated rings. The number of para-hydroxylation sites is 1. The fraction of sp³-hybridized carbons (Fsp3) is 0.238. The molecule has 0 saturated carbocycles. The van der Waals surface area contributed by atoms with Crippen molar-refractivity contribution in [2.24, 2.45) is 0 Å². The molecule has 0 aromatic heterocycles. The molecule has 3 aromatic rings. The summed E-state index contributed by atoms with van der Waals surface area (Å²) < 4.78 is 33.3. The highest BCUT2D eigenvalue weighted by atomic mass is 32.2. The van der Waals surface area contributed by atoms with Gasteiger partial charge in [0, 0.05) is 6.54 Å². The molecule has 0 amide bonds. The maximum atomic E-state index is 12.5. The fourth-order valence-corrected chi connectivity index (χ4v) is 4.02. The number of rotatable bonds is 8. The molecule has 0 aliphatic heterocycles. The molecule has 136 valence electrons. The lowest BCUT2D eigenvalue weighted by Crippen LogP contribution is -2.25. The van der Waals surface area contributed by atoms with Crippen molar-refractivity contribution in [1.82, 2.24) is 4.72 Å². The van der Waals surface area contributed by atoms with Crippen molar-refractivity contribution in [2.75, 3.05) is 13.2 Å². The van der Waals surface area contributed by atoms with Gasteiger partial charge in [-0.05, 0) is 54.3 Å². The molecule has 0 radical (unpaired) electrons. The molecule has 0 saturated heterocycles. The van der Waals surface area contributed by atoms with Crippen LogP contribution in [0.4, 0.5) is 0 Å². The van der Waals surface area contributed by atoms with Crippen LogP contribution >= 0.6 is 0 Å². The predicted octanol–water partition coefficient (Wildman–Crippen LogP) is 4.15. The molecule has 5 heteroatoms. The molecule has 0 atom stereocenters. The molecule has 0 aliphatic carbocycles. The number of ether oxygens (including phenoxy) is 1. The molecule has 26 heavy (non-hydrogen) atoms. The maximum absolute atomic E-state index is 12.5. The van der Waals surface area contributed by atoms with E-state index in [0.717, 1.165) is 28.5 Å². The van der Waals surface area contributed by atoms with Crippen molar-refractivity contribution in [3.8, 4) is 5.75 Å². The van der Waals surface area contributed by atoms with Crippen molar-refractivity contribution < 1.29 is 13.2 Å². The standard InChI is InChI=1S/C21H23NO3S/c1-2-25-21-12-6-5-9-18(21)11-7-15-22-26(23,24)20-14-13-17-8-3-4-10-19(17)16-20/h3-6,8-10,12-14,16,22H,2,7,11,15H2,1H3. The molecule has 0 bridgehead atoms. The minimum Gasteiger partial charge on any atom is -0.494 e. The third kappa shape index (κ3) is 4.42. The van der Waals surface area contributed by atoms with E-state index in [1.807, 2.05) is 61.5 Å². The summed E-state index contributed by atoms with van der Waals surface area (Å²) >= 11 is 0. The summed E-state index contributed by atoms with van der Waals surface area (Å²) in [4.78, 5) is 0.297. The number of benzene rings is 3. The number of aryl methyl sites for hydroxylation is 1. The second kappa shape index (κ2) is 8.34. The molecule has 3 rings (SSSR count). The van der Waals surface area contributed by atoms with Crippen LogP contribution in [-0.4, -0.2) is 21.6 Å². The summed E-state index contributed by atoms with van der Waals surface area (Å²) in [5.74, 6) is 0.868. The van der Waals surface area contributed by atoms with E-state index in [1.165, 1.54) is 0 Å². The Morgan fingerprint density at radius 3 is 2.46 bits per heavy atom. The molecular formula is C21H23NO3S. The van der Waals surface area contributed by atoms with E-state index in [1.54, 1.807) is 12.1 Å². The van der Waals surface area contributed by atoms with Gasteiger partial charge in [0.15, 0.2) is 0 Å². The number of nitrogens with one attached hydrogen (secondary N) is 1. The van der Waals surface area contributed by atoms with Gasteiger partial charge in [0.1, 0.15) is 5.75 Å². The number of hydrogen-bond acceptors (Lipinski definition) is 3. The zero-order valence-corrected chi connectivity index (χ0v) is 15.6. The largest absolute Gasteiger partial charge is 0.494 e. The van der Waals surface area contributed by atoms with Crippen molar-refractivity contribution in [3.05, 3.63) is 72.3 Å². The molecular weight excluding hydrogens is 346 g/mol. The number of fused-ring (bicyclic) bond motifs is 1. The zero-order chi connectivity index (χ0) is 18.4. The van der Waals surface area contributed by atoms with Crippen molar-refractivity contribution in [3.63, 3.8) is 0 Å². The van der Waals surface area contributed by atoms with Gasteiger partial charge < -0.3 is 4.74 Å². The van der Waals surface area contributed by atoms with Gasteiger partial charge in [-0.2, -0.15) is 0 Å². The van der Waals surface area contributed by atoms with Crippen LogP contribution in [0.5, 0.6) is 5.75 Å². The third-order valence-electron chi connectivity index (χ3n) is 4.22. The lowest BCUT2D eigenvalue weighted by atomic mass is 10.1. The Kier molecular flexibility index (Phi) is 5.91. The van der Waals surface area contributed by atoms with E-state index in [4.69, 9.17) is 4.74 Å². The Morgan fingerprint density at radius 1 is 0.923 bits per heavy atom. The van der Waals surface area contributed by atoms with Crippen LogP contribution in [-0.2, 0) is 16.4 Å². The highest BCUT2D eigenvalue weighted by molar-refractivity contribution is 7.89. The van der Waals surface area contributed by atoms with E-state index in [-0.39, 0.29) is 0 Å². The monoisotopic (exact) mass is 369 g/mol. The minimum atomic E-state index is -3.51. The summed E-state index contributed by atoms with van der Waals surface area (Å²) in [5.41, 5.74) is 1.10. The van der Waals surface area contributed by atoms with Crippen molar-refractivity contribution in [1.29, 1.82) is 0 Å². The van der Waals surface area contributed by atoms with Gasteiger partial charge in [0.25, 0.3) is 0 Å². The smallest absolute Gasteiger partial charge is 0.240 e. The van der Waals surface area contributed by atoms with Gasteiger partial charge in [-0.3, -0.25) is 0 Å². The predicted molar refractivity (Wildman–Crippen MR) is 105 cm³/mol. The van der Waals surface area contributed by atoms with Crippen LogP contribution in [0.1, 0.15) is 18.9 Å². The van der Waals surface area contributed by atoms with E-state index in [9.17, 15) is 8.42 Å². The maximum Gasteiger partial charge on any atom is 0.240 e. The number of sulfonamides is 1. The second-order valence-electron chi connectivity index (χ2n) is 6.05. The average Bonchev–Trinajstić information content (AvgIpc) is 2.66. The van der Waals surface area contributed by atoms with E-state index in [2.05, 4.69) is 4.72 Å². The Bertz CT molecular complexity index is 983. The fourth-order valence-electron chi connectivity index (χ4n) is 2.91. The van der Waals surface area contributed by atoms with Gasteiger partial charge in [-0.1, -0.05) is 48.5 Å². The highest BCUT2D eigenvalue weighted by Crippen LogP contribution is 2.20. The lowest BCUT2D eigenvalue weighted by Gasteiger charge is -2.11. The van der Waals surface area contributed by atoms with Gasteiger partial charge in [-0.25, -0.2) is 13.1 Å². The van der Waals surface area contributed by atoms with E-state index >= 15 is 0 Å². The van der Waals surface area contributed by atoms with E-state index in [0.29, 0.717) is 24.5 Å². The van der Waals surface area contributed by atoms with E-state index < -0.39 is 10.0 Å². The summed E-state index contributed by atoms with van der Waals surface area (Å²) in [6.45, 7) is 2.95. The van der Waals surface area contributed by atoms with Crippen LogP contribution < -0.4 is 9.46 Å². The molecule has 3 aromatic carbocycles. The van der Waals surface area contributed by atoms with Crippen LogP contribution in [0.2, 0.25) is 0 Å².